The molecular formula is C25H24Cl2F2N6O4. The maximum absolute atomic E-state index is 12.8. The summed E-state index contributed by atoms with van der Waals surface area (Å²) in [5, 5.41) is 27.8. The molecule has 0 saturated carbocycles. The Morgan fingerprint density at radius 3 is 2.74 bits per heavy atom. The highest BCUT2D eigenvalue weighted by molar-refractivity contribution is 6.42. The molecule has 2 aromatic carbocycles. The van der Waals surface area contributed by atoms with Crippen LogP contribution in [0.25, 0.3) is 0 Å². The van der Waals surface area contributed by atoms with Gasteiger partial charge in [0.25, 0.3) is 5.91 Å². The molecule has 0 bridgehead atoms. The monoisotopic (exact) mass is 580 g/mol. The number of amides is 1. The maximum atomic E-state index is 12.8. The van der Waals surface area contributed by atoms with Gasteiger partial charge in [-0.2, -0.15) is 19.1 Å². The standard InChI is InChI=1S/C25H24Cl2F2N6O4/c1-3-34(22(37)13-36)9-8-16-12-35(33-23(16)15-4-6-18(26)19(27)10-15)25(31-14-30)32-20-11-17(39-24(28)29)5-7-21(20)38-2/h4-11,16,24,36H,3,12-13H2,1-2H3,(H,31,32)/b9-8+. The summed E-state index contributed by atoms with van der Waals surface area (Å²) in [7, 11) is 1.38. The second-order valence-electron chi connectivity index (χ2n) is 7.87. The molecule has 3 rings (SSSR count). The molecule has 0 fully saturated rings. The van der Waals surface area contributed by atoms with Gasteiger partial charge in [-0.1, -0.05) is 35.3 Å². The Labute approximate surface area is 233 Å². The van der Waals surface area contributed by atoms with E-state index in [-0.39, 0.29) is 29.7 Å². The smallest absolute Gasteiger partial charge is 0.387 e. The lowest BCUT2D eigenvalue weighted by Gasteiger charge is -2.18. The van der Waals surface area contributed by atoms with Gasteiger partial charge in [0.15, 0.2) is 6.19 Å². The number of carbonyl (C=O) groups is 1. The predicted molar refractivity (Wildman–Crippen MR) is 142 cm³/mol. The van der Waals surface area contributed by atoms with Gasteiger partial charge >= 0.3 is 6.61 Å². The van der Waals surface area contributed by atoms with Crippen LogP contribution in [0.2, 0.25) is 10.0 Å². The summed E-state index contributed by atoms with van der Waals surface area (Å²) < 4.78 is 35.3. The molecule has 1 aliphatic heterocycles. The van der Waals surface area contributed by atoms with E-state index >= 15 is 0 Å². The van der Waals surface area contributed by atoms with Gasteiger partial charge in [-0.15, -0.1) is 0 Å². The number of halogens is 4. The van der Waals surface area contributed by atoms with E-state index in [1.54, 1.807) is 43.6 Å². The number of hydrogen-bond acceptors (Lipinski definition) is 7. The van der Waals surface area contributed by atoms with E-state index in [2.05, 4.69) is 20.1 Å². The molecule has 1 unspecified atom stereocenters. The molecule has 1 atom stereocenters. The number of aliphatic imine (C=N–C) groups is 1. The van der Waals surface area contributed by atoms with Crippen LogP contribution < -0.4 is 14.8 Å². The number of rotatable bonds is 9. The highest BCUT2D eigenvalue weighted by Crippen LogP contribution is 2.33. The second-order valence-corrected chi connectivity index (χ2v) is 8.68. The number of nitrogens with zero attached hydrogens (tertiary/aromatic N) is 5. The number of ether oxygens (including phenoxy) is 2. The van der Waals surface area contributed by atoms with Gasteiger partial charge < -0.3 is 19.5 Å². The number of methoxy groups -OCH3 is 1. The normalized spacial score (nSPS) is 15.4. The molecule has 2 aromatic rings. The number of hydrazone groups is 1. The Morgan fingerprint density at radius 2 is 2.13 bits per heavy atom. The number of benzene rings is 2. The summed E-state index contributed by atoms with van der Waals surface area (Å²) >= 11 is 12.3. The van der Waals surface area contributed by atoms with Crippen LogP contribution >= 0.6 is 23.2 Å². The summed E-state index contributed by atoms with van der Waals surface area (Å²) in [4.78, 5) is 17.8. The van der Waals surface area contributed by atoms with E-state index in [1.165, 1.54) is 35.2 Å². The molecule has 206 valence electrons. The third-order valence-corrected chi connectivity index (χ3v) is 6.21. The summed E-state index contributed by atoms with van der Waals surface area (Å²) in [6.45, 7) is -1.45. The SMILES string of the molecule is CCN(/C=C/C1CN(C(=Nc2cc(OC(F)F)ccc2OC)NC#N)N=C1c1ccc(Cl)c(Cl)c1)C(=O)CO. The van der Waals surface area contributed by atoms with E-state index in [1.807, 2.05) is 0 Å². The van der Waals surface area contributed by atoms with Gasteiger partial charge in [-0.05, 0) is 36.8 Å². The lowest BCUT2D eigenvalue weighted by Crippen LogP contribution is -2.35. The first kappa shape index (κ1) is 29.6. The van der Waals surface area contributed by atoms with Crippen molar-refractivity contribution in [1.82, 2.24) is 15.2 Å². The van der Waals surface area contributed by atoms with Crippen molar-refractivity contribution in [3.63, 3.8) is 0 Å². The van der Waals surface area contributed by atoms with Crippen molar-refractivity contribution in [1.29, 1.82) is 5.26 Å². The number of hydrogen-bond donors (Lipinski definition) is 2. The van der Waals surface area contributed by atoms with Gasteiger partial charge in [-0.3, -0.25) is 10.1 Å². The van der Waals surface area contributed by atoms with Crippen molar-refractivity contribution < 1.29 is 28.2 Å². The molecule has 10 nitrogen and oxygen atoms in total. The molecule has 39 heavy (non-hydrogen) atoms. The lowest BCUT2D eigenvalue weighted by atomic mass is 9.97. The quantitative estimate of drug-likeness (QED) is 0.195. The fourth-order valence-corrected chi connectivity index (χ4v) is 3.94. The van der Waals surface area contributed by atoms with Gasteiger partial charge in [0, 0.05) is 24.7 Å². The average Bonchev–Trinajstić information content (AvgIpc) is 3.34. The minimum absolute atomic E-state index is 0.0303. The number of alkyl halides is 2. The van der Waals surface area contributed by atoms with Crippen LogP contribution in [0.3, 0.4) is 0 Å². The molecule has 0 saturated heterocycles. The van der Waals surface area contributed by atoms with Gasteiger partial charge in [0.2, 0.25) is 5.96 Å². The Hall–Kier alpha value is -3.92. The number of likely N-dealkylation sites (N-methyl/N-ethyl adjacent to an activating group) is 1. The lowest BCUT2D eigenvalue weighted by molar-refractivity contribution is -0.131. The summed E-state index contributed by atoms with van der Waals surface area (Å²) in [6, 6.07) is 8.90. The highest BCUT2D eigenvalue weighted by Gasteiger charge is 2.30. The third kappa shape index (κ3) is 7.57. The third-order valence-electron chi connectivity index (χ3n) is 5.47. The molecule has 0 aromatic heterocycles. The zero-order valence-corrected chi connectivity index (χ0v) is 22.3. The zero-order chi connectivity index (χ0) is 28.5. The van der Waals surface area contributed by atoms with Gasteiger partial charge in [0.05, 0.1) is 29.4 Å². The highest BCUT2D eigenvalue weighted by atomic mass is 35.5. The molecule has 0 radical (unpaired) electrons. The number of aliphatic hydroxyl groups is 1. The average molecular weight is 581 g/mol. The molecule has 2 N–H and O–H groups in total. The van der Waals surface area contributed by atoms with Crippen molar-refractivity contribution in [2.45, 2.75) is 13.5 Å². The van der Waals surface area contributed by atoms with Crippen LogP contribution in [0, 0.1) is 17.4 Å². The van der Waals surface area contributed by atoms with Crippen molar-refractivity contribution in [3.05, 3.63) is 64.3 Å². The minimum atomic E-state index is -3.04. The molecule has 14 heteroatoms. The first-order chi connectivity index (χ1) is 18.7. The van der Waals surface area contributed by atoms with E-state index < -0.39 is 25.0 Å². The Bertz CT molecular complexity index is 1330. The van der Waals surface area contributed by atoms with Crippen LogP contribution in [0.4, 0.5) is 14.5 Å². The Kier molecular flexibility index (Phi) is 10.4. The molecule has 1 aliphatic rings. The first-order valence-electron chi connectivity index (χ1n) is 11.5. The van der Waals surface area contributed by atoms with Crippen molar-refractivity contribution in [3.8, 4) is 17.7 Å². The number of guanidine groups is 1. The van der Waals surface area contributed by atoms with Crippen LogP contribution in [0.1, 0.15) is 12.5 Å². The van der Waals surface area contributed by atoms with Crippen molar-refractivity contribution in [2.75, 3.05) is 26.8 Å². The van der Waals surface area contributed by atoms with Crippen LogP contribution in [-0.2, 0) is 4.79 Å². The molecule has 1 heterocycles. The number of nitriles is 1. The fraction of sp³-hybridized carbons (Fsp3) is 0.280. The number of carbonyl (C=O) groups excluding carboxylic acids is 1. The number of nitrogens with one attached hydrogen (secondary N) is 1. The molecular weight excluding hydrogens is 557 g/mol. The van der Waals surface area contributed by atoms with E-state index in [9.17, 15) is 23.9 Å². The summed E-state index contributed by atoms with van der Waals surface area (Å²) in [5.74, 6) is -0.861. The predicted octanol–water partition coefficient (Wildman–Crippen LogP) is 4.35. The van der Waals surface area contributed by atoms with E-state index in [4.69, 9.17) is 27.9 Å². The zero-order valence-electron chi connectivity index (χ0n) is 20.8. The summed E-state index contributed by atoms with van der Waals surface area (Å²) in [6.07, 6.45) is 5.06. The largest absolute Gasteiger partial charge is 0.494 e. The van der Waals surface area contributed by atoms with Crippen LogP contribution in [0.15, 0.2) is 58.8 Å². The van der Waals surface area contributed by atoms with Crippen LogP contribution in [0.5, 0.6) is 11.5 Å². The maximum Gasteiger partial charge on any atom is 0.387 e. The molecule has 1 amide bonds. The first-order valence-corrected chi connectivity index (χ1v) is 12.2. The molecule has 0 spiro atoms. The van der Waals surface area contributed by atoms with E-state index in [0.717, 1.165) is 0 Å². The minimum Gasteiger partial charge on any atom is -0.494 e. The van der Waals surface area contributed by atoms with Crippen molar-refractivity contribution in [2.24, 2.45) is 16.0 Å². The second kappa shape index (κ2) is 13.7. The topological polar surface area (TPSA) is 123 Å². The van der Waals surface area contributed by atoms with Gasteiger partial charge in [-0.25, -0.2) is 10.0 Å². The van der Waals surface area contributed by atoms with E-state index in [0.29, 0.717) is 27.9 Å². The Morgan fingerprint density at radius 1 is 1.36 bits per heavy atom. The Balaban J connectivity index is 2.06. The number of aliphatic hydroxyl groups excluding tert-OH is 1. The van der Waals surface area contributed by atoms with Crippen LogP contribution in [-0.4, -0.2) is 66.0 Å². The fourth-order valence-electron chi connectivity index (χ4n) is 3.64. The van der Waals surface area contributed by atoms with Gasteiger partial charge in [0.1, 0.15) is 23.8 Å². The van der Waals surface area contributed by atoms with Crippen molar-refractivity contribution >= 4 is 46.5 Å². The molecule has 0 aliphatic carbocycles. The summed E-state index contributed by atoms with van der Waals surface area (Å²) in [5.41, 5.74) is 1.25.